The number of hydrogen-bond acceptors (Lipinski definition) is 4. The molecule has 2 saturated heterocycles. The SMILES string of the molecule is O=C(c1ccc(Cl)cc1Cl)N1CCC(N2C(=O)CSC2=O)CC1. The molecule has 0 saturated carbocycles. The molecule has 3 rings (SSSR count). The number of nitrogens with zero attached hydrogens (tertiary/aromatic N) is 2. The van der Waals surface area contributed by atoms with Gasteiger partial charge in [0.2, 0.25) is 5.91 Å². The van der Waals surface area contributed by atoms with Crippen molar-refractivity contribution in [3.8, 4) is 0 Å². The van der Waals surface area contributed by atoms with Crippen LogP contribution in [0.15, 0.2) is 18.2 Å². The number of thioether (sulfide) groups is 1. The van der Waals surface area contributed by atoms with Crippen LogP contribution in [-0.4, -0.2) is 51.7 Å². The van der Waals surface area contributed by atoms with E-state index in [1.807, 2.05) is 0 Å². The molecule has 5 nitrogen and oxygen atoms in total. The summed E-state index contributed by atoms with van der Waals surface area (Å²) in [5.74, 6) is -0.0673. The lowest BCUT2D eigenvalue weighted by atomic mass is 10.0. The van der Waals surface area contributed by atoms with Crippen LogP contribution < -0.4 is 0 Å². The molecule has 1 aromatic rings. The van der Waals surface area contributed by atoms with Crippen LogP contribution in [0.4, 0.5) is 4.79 Å². The topological polar surface area (TPSA) is 57.7 Å². The fourth-order valence-electron chi connectivity index (χ4n) is 2.88. The van der Waals surface area contributed by atoms with Gasteiger partial charge in [0.25, 0.3) is 11.1 Å². The number of halogens is 2. The Morgan fingerprint density at radius 2 is 1.87 bits per heavy atom. The Bertz CT molecular complexity index is 659. The largest absolute Gasteiger partial charge is 0.338 e. The summed E-state index contributed by atoms with van der Waals surface area (Å²) in [5.41, 5.74) is 0.415. The maximum atomic E-state index is 12.5. The maximum Gasteiger partial charge on any atom is 0.289 e. The van der Waals surface area contributed by atoms with Crippen molar-refractivity contribution in [1.29, 1.82) is 0 Å². The molecule has 122 valence electrons. The van der Waals surface area contributed by atoms with Crippen LogP contribution >= 0.6 is 35.0 Å². The zero-order valence-corrected chi connectivity index (χ0v) is 14.5. The number of hydrogen-bond donors (Lipinski definition) is 0. The van der Waals surface area contributed by atoms with Gasteiger partial charge in [-0.25, -0.2) is 0 Å². The van der Waals surface area contributed by atoms with E-state index in [1.54, 1.807) is 23.1 Å². The molecular formula is C15H14Cl2N2O3S. The normalized spacial score (nSPS) is 19.6. The molecule has 0 N–H and O–H groups in total. The third-order valence-electron chi connectivity index (χ3n) is 4.06. The smallest absolute Gasteiger partial charge is 0.289 e. The highest BCUT2D eigenvalue weighted by Gasteiger charge is 2.38. The lowest BCUT2D eigenvalue weighted by Gasteiger charge is -2.35. The van der Waals surface area contributed by atoms with Crippen molar-refractivity contribution in [1.82, 2.24) is 9.80 Å². The number of piperidine rings is 1. The van der Waals surface area contributed by atoms with Crippen molar-refractivity contribution >= 4 is 52.0 Å². The molecule has 2 heterocycles. The molecule has 2 fully saturated rings. The van der Waals surface area contributed by atoms with Crippen LogP contribution in [-0.2, 0) is 4.79 Å². The van der Waals surface area contributed by atoms with Gasteiger partial charge in [-0.05, 0) is 31.0 Å². The van der Waals surface area contributed by atoms with Crippen molar-refractivity contribution in [2.75, 3.05) is 18.8 Å². The summed E-state index contributed by atoms with van der Waals surface area (Å²) in [4.78, 5) is 39.1. The molecule has 0 radical (unpaired) electrons. The highest BCUT2D eigenvalue weighted by molar-refractivity contribution is 8.14. The predicted octanol–water partition coefficient (Wildman–Crippen LogP) is 3.29. The number of carbonyl (C=O) groups is 3. The van der Waals surface area contributed by atoms with E-state index >= 15 is 0 Å². The average Bonchev–Trinajstić information content (AvgIpc) is 2.86. The molecule has 0 unspecified atom stereocenters. The molecule has 3 amide bonds. The lowest BCUT2D eigenvalue weighted by Crippen LogP contribution is -2.48. The van der Waals surface area contributed by atoms with Crippen LogP contribution in [0.2, 0.25) is 10.0 Å². The Hall–Kier alpha value is -1.24. The molecule has 2 aliphatic heterocycles. The van der Waals surface area contributed by atoms with E-state index < -0.39 is 0 Å². The van der Waals surface area contributed by atoms with Crippen molar-refractivity contribution in [3.05, 3.63) is 33.8 Å². The first-order valence-electron chi connectivity index (χ1n) is 7.20. The Morgan fingerprint density at radius 3 is 2.43 bits per heavy atom. The van der Waals surface area contributed by atoms with Crippen molar-refractivity contribution in [3.63, 3.8) is 0 Å². The molecule has 0 aliphatic carbocycles. The van der Waals surface area contributed by atoms with Crippen molar-refractivity contribution < 1.29 is 14.4 Å². The van der Waals surface area contributed by atoms with Crippen LogP contribution in [0.3, 0.4) is 0 Å². The molecule has 8 heteroatoms. The monoisotopic (exact) mass is 372 g/mol. The Balaban J connectivity index is 1.65. The third-order valence-corrected chi connectivity index (χ3v) is 5.45. The summed E-state index contributed by atoms with van der Waals surface area (Å²) in [6, 6.07) is 4.67. The van der Waals surface area contributed by atoms with E-state index in [2.05, 4.69) is 0 Å². The number of benzene rings is 1. The van der Waals surface area contributed by atoms with Gasteiger partial charge in [0.05, 0.1) is 16.3 Å². The van der Waals surface area contributed by atoms with E-state index in [4.69, 9.17) is 23.2 Å². The van der Waals surface area contributed by atoms with Crippen LogP contribution in [0.5, 0.6) is 0 Å². The van der Waals surface area contributed by atoms with E-state index in [-0.39, 0.29) is 28.8 Å². The minimum atomic E-state index is -0.180. The first kappa shape index (κ1) is 16.6. The van der Waals surface area contributed by atoms with Crippen molar-refractivity contribution in [2.45, 2.75) is 18.9 Å². The molecule has 0 bridgehead atoms. The molecule has 23 heavy (non-hydrogen) atoms. The molecule has 2 aliphatic rings. The maximum absolute atomic E-state index is 12.5. The van der Waals surface area contributed by atoms with Gasteiger partial charge in [-0.1, -0.05) is 35.0 Å². The second-order valence-electron chi connectivity index (χ2n) is 5.47. The predicted molar refractivity (Wildman–Crippen MR) is 90.1 cm³/mol. The third kappa shape index (κ3) is 3.34. The summed E-state index contributed by atoms with van der Waals surface area (Å²) in [7, 11) is 0. The quantitative estimate of drug-likeness (QED) is 0.798. The van der Waals surface area contributed by atoms with Gasteiger partial charge >= 0.3 is 0 Å². The molecular weight excluding hydrogens is 359 g/mol. The van der Waals surface area contributed by atoms with E-state index in [9.17, 15) is 14.4 Å². The summed E-state index contributed by atoms with van der Waals surface area (Å²) in [6.07, 6.45) is 1.18. The van der Waals surface area contributed by atoms with Crippen LogP contribution in [0, 0.1) is 0 Å². The molecule has 1 aromatic carbocycles. The van der Waals surface area contributed by atoms with Gasteiger partial charge in [-0.3, -0.25) is 19.3 Å². The summed E-state index contributed by atoms with van der Waals surface area (Å²) in [5, 5.41) is 0.625. The van der Waals surface area contributed by atoms with Gasteiger partial charge in [0, 0.05) is 24.2 Å². The van der Waals surface area contributed by atoms with E-state index in [0.29, 0.717) is 41.5 Å². The first-order valence-corrected chi connectivity index (χ1v) is 8.94. The molecule has 0 aromatic heterocycles. The summed E-state index contributed by atoms with van der Waals surface area (Å²) >= 11 is 13.0. The number of amides is 3. The standard InChI is InChI=1S/C15H14Cl2N2O3S/c16-9-1-2-11(12(17)7-9)14(21)18-5-3-10(4-6-18)19-13(20)8-23-15(19)22/h1-2,7,10H,3-6,8H2. The van der Waals surface area contributed by atoms with E-state index in [0.717, 1.165) is 11.8 Å². The zero-order chi connectivity index (χ0) is 16.6. The van der Waals surface area contributed by atoms with Crippen LogP contribution in [0.1, 0.15) is 23.2 Å². The second kappa shape index (κ2) is 6.71. The number of imide groups is 1. The minimum absolute atomic E-state index is 0.116. The minimum Gasteiger partial charge on any atom is -0.338 e. The molecule has 0 atom stereocenters. The number of carbonyl (C=O) groups excluding carboxylic acids is 3. The first-order chi connectivity index (χ1) is 11.0. The second-order valence-corrected chi connectivity index (χ2v) is 7.24. The van der Waals surface area contributed by atoms with Gasteiger partial charge in [-0.15, -0.1) is 0 Å². The van der Waals surface area contributed by atoms with Gasteiger partial charge in [0.15, 0.2) is 0 Å². The Kier molecular flexibility index (Phi) is 4.85. The average molecular weight is 373 g/mol. The fraction of sp³-hybridized carbons (Fsp3) is 0.400. The number of likely N-dealkylation sites (tertiary alicyclic amines) is 1. The zero-order valence-electron chi connectivity index (χ0n) is 12.1. The van der Waals surface area contributed by atoms with Crippen molar-refractivity contribution in [2.24, 2.45) is 0 Å². The summed E-state index contributed by atoms with van der Waals surface area (Å²) in [6.45, 7) is 0.981. The van der Waals surface area contributed by atoms with Gasteiger partial charge in [0.1, 0.15) is 0 Å². The highest BCUT2D eigenvalue weighted by Crippen LogP contribution is 2.28. The highest BCUT2D eigenvalue weighted by atomic mass is 35.5. The van der Waals surface area contributed by atoms with Crippen LogP contribution in [0.25, 0.3) is 0 Å². The molecule has 0 spiro atoms. The Labute approximate surface area is 147 Å². The fourth-order valence-corrected chi connectivity index (χ4v) is 4.14. The van der Waals surface area contributed by atoms with Gasteiger partial charge in [-0.2, -0.15) is 0 Å². The van der Waals surface area contributed by atoms with Gasteiger partial charge < -0.3 is 4.90 Å². The van der Waals surface area contributed by atoms with E-state index in [1.165, 1.54) is 4.90 Å². The lowest BCUT2D eigenvalue weighted by molar-refractivity contribution is -0.126. The number of rotatable bonds is 2. The Morgan fingerprint density at radius 1 is 1.17 bits per heavy atom. The summed E-state index contributed by atoms with van der Waals surface area (Å²) < 4.78 is 0.